The zero-order valence-electron chi connectivity index (χ0n) is 19.5. The predicted molar refractivity (Wildman–Crippen MR) is 131 cm³/mol. The molecule has 0 saturated carbocycles. The molecule has 0 amide bonds. The first kappa shape index (κ1) is 25.9. The highest BCUT2D eigenvalue weighted by atomic mass is 32.2. The molecule has 1 aliphatic heterocycles. The van der Waals surface area contributed by atoms with E-state index in [-0.39, 0.29) is 23.8 Å². The zero-order chi connectivity index (χ0) is 25.0. The zero-order valence-corrected chi connectivity index (χ0v) is 21.2. The van der Waals surface area contributed by atoms with E-state index < -0.39 is 33.0 Å². The lowest BCUT2D eigenvalue weighted by atomic mass is 9.77. The maximum absolute atomic E-state index is 13.4. The Morgan fingerprint density at radius 3 is 2.41 bits per heavy atom. The number of carbonyl (C=O) groups is 2. The third kappa shape index (κ3) is 4.89. The first-order chi connectivity index (χ1) is 16.1. The summed E-state index contributed by atoms with van der Waals surface area (Å²) in [6, 6.07) is 14.9. The smallest absolute Gasteiger partial charge is 0.343 e. The van der Waals surface area contributed by atoms with Crippen molar-refractivity contribution in [2.24, 2.45) is 4.99 Å². The molecule has 2 aromatic rings. The molecule has 10 heteroatoms. The molecule has 2 unspecified atom stereocenters. The summed E-state index contributed by atoms with van der Waals surface area (Å²) < 4.78 is 40.0. The second-order valence-corrected chi connectivity index (χ2v) is 10.7. The van der Waals surface area contributed by atoms with Crippen LogP contribution in [0, 0.1) is 6.92 Å². The Hall–Kier alpha value is -2.69. The lowest BCUT2D eigenvalue weighted by molar-refractivity contribution is -0.158. The minimum atomic E-state index is -4.24. The van der Waals surface area contributed by atoms with Crippen molar-refractivity contribution < 1.29 is 27.5 Å². The topological polar surface area (TPSA) is 111 Å². The summed E-state index contributed by atoms with van der Waals surface area (Å²) in [4.78, 5) is 31.3. The standard InChI is InChI=1S/C24H28N2O6S2/c1-5-31-21(27)23(3,26-34(29,30)19-13-11-17(2)12-14-19)24(15-16-33-4)22(28)32-20(25-24)18-9-7-6-8-10-18/h6-14,26H,5,15-16H2,1-4H3. The molecule has 1 N–H and O–H groups in total. The number of aliphatic imine (C=N–C) groups is 1. The molecule has 2 atom stereocenters. The van der Waals surface area contributed by atoms with Crippen LogP contribution in [0.25, 0.3) is 0 Å². The van der Waals surface area contributed by atoms with Gasteiger partial charge in [-0.3, -0.25) is 0 Å². The Morgan fingerprint density at radius 1 is 1.18 bits per heavy atom. The number of nitrogens with zero attached hydrogens (tertiary/aromatic N) is 1. The predicted octanol–water partition coefficient (Wildman–Crippen LogP) is 3.09. The minimum Gasteiger partial charge on any atom is -0.465 e. The average Bonchev–Trinajstić information content (AvgIpc) is 3.16. The lowest BCUT2D eigenvalue weighted by Gasteiger charge is -2.39. The fraction of sp³-hybridized carbons (Fsp3) is 0.375. The lowest BCUT2D eigenvalue weighted by Crippen LogP contribution is -2.69. The van der Waals surface area contributed by atoms with E-state index in [0.717, 1.165) is 5.56 Å². The van der Waals surface area contributed by atoms with Crippen molar-refractivity contribution in [3.8, 4) is 0 Å². The maximum atomic E-state index is 13.4. The number of benzene rings is 2. The molecular weight excluding hydrogens is 476 g/mol. The van der Waals surface area contributed by atoms with E-state index in [1.807, 2.05) is 13.2 Å². The summed E-state index contributed by atoms with van der Waals surface area (Å²) in [6.45, 7) is 4.75. The highest BCUT2D eigenvalue weighted by Crippen LogP contribution is 2.39. The van der Waals surface area contributed by atoms with Crippen LogP contribution in [0.2, 0.25) is 0 Å². The van der Waals surface area contributed by atoms with Gasteiger partial charge in [0.25, 0.3) is 0 Å². The van der Waals surface area contributed by atoms with Gasteiger partial charge in [0.2, 0.25) is 15.9 Å². The quantitative estimate of drug-likeness (QED) is 0.495. The molecule has 1 aliphatic rings. The van der Waals surface area contributed by atoms with Gasteiger partial charge in [-0.15, -0.1) is 0 Å². The average molecular weight is 505 g/mol. The summed E-state index contributed by atoms with van der Waals surface area (Å²) in [5.41, 5.74) is -2.53. The van der Waals surface area contributed by atoms with Gasteiger partial charge in [0.05, 0.1) is 11.5 Å². The molecule has 1 heterocycles. The number of esters is 2. The SMILES string of the molecule is CCOC(=O)C(C)(NS(=O)(=O)c1ccc(C)cc1)C1(CCSC)N=C(c2ccccc2)OC1=O. The second-order valence-electron chi connectivity index (χ2n) is 8.04. The highest BCUT2D eigenvalue weighted by molar-refractivity contribution is 7.98. The van der Waals surface area contributed by atoms with Crippen molar-refractivity contribution in [2.45, 2.75) is 43.2 Å². The largest absolute Gasteiger partial charge is 0.465 e. The minimum absolute atomic E-state index is 0.0103. The fourth-order valence-electron chi connectivity index (χ4n) is 3.71. The van der Waals surface area contributed by atoms with Crippen LogP contribution in [0.4, 0.5) is 0 Å². The van der Waals surface area contributed by atoms with Gasteiger partial charge in [-0.2, -0.15) is 16.5 Å². The highest BCUT2D eigenvalue weighted by Gasteiger charge is 2.64. The van der Waals surface area contributed by atoms with Gasteiger partial charge in [0.1, 0.15) is 0 Å². The Balaban J connectivity index is 2.18. The third-order valence-electron chi connectivity index (χ3n) is 5.69. The van der Waals surface area contributed by atoms with E-state index in [0.29, 0.717) is 11.3 Å². The van der Waals surface area contributed by atoms with Crippen LogP contribution < -0.4 is 4.72 Å². The molecule has 0 spiro atoms. The van der Waals surface area contributed by atoms with E-state index >= 15 is 0 Å². The number of nitrogens with one attached hydrogen (secondary N) is 1. The molecule has 0 aliphatic carbocycles. The number of cyclic esters (lactones) is 1. The third-order valence-corrected chi connectivity index (χ3v) is 7.87. The summed E-state index contributed by atoms with van der Waals surface area (Å²) in [5, 5.41) is 0. The molecule has 0 fully saturated rings. The molecule has 182 valence electrons. The summed E-state index contributed by atoms with van der Waals surface area (Å²) in [6.07, 6.45) is 1.89. The number of aryl methyl sites for hydroxylation is 1. The van der Waals surface area contributed by atoms with Crippen molar-refractivity contribution in [1.82, 2.24) is 4.72 Å². The molecule has 0 radical (unpaired) electrons. The summed E-state index contributed by atoms with van der Waals surface area (Å²) in [7, 11) is -4.24. The van der Waals surface area contributed by atoms with Gasteiger partial charge in [0.15, 0.2) is 11.1 Å². The number of carbonyl (C=O) groups excluding carboxylic acids is 2. The number of rotatable bonds is 10. The second kappa shape index (κ2) is 10.3. The van der Waals surface area contributed by atoms with Crippen LogP contribution in [0.3, 0.4) is 0 Å². The first-order valence-corrected chi connectivity index (χ1v) is 13.6. The fourth-order valence-corrected chi connectivity index (χ4v) is 5.61. The van der Waals surface area contributed by atoms with Crippen molar-refractivity contribution in [2.75, 3.05) is 18.6 Å². The molecule has 0 saturated heterocycles. The van der Waals surface area contributed by atoms with Gasteiger partial charge in [-0.1, -0.05) is 35.9 Å². The van der Waals surface area contributed by atoms with Crippen molar-refractivity contribution in [1.29, 1.82) is 0 Å². The van der Waals surface area contributed by atoms with Crippen molar-refractivity contribution >= 4 is 39.6 Å². The molecule has 0 aromatic heterocycles. The number of hydrogen-bond acceptors (Lipinski definition) is 8. The van der Waals surface area contributed by atoms with Gasteiger partial charge in [-0.05, 0) is 63.5 Å². The summed E-state index contributed by atoms with van der Waals surface area (Å²) in [5.74, 6) is -1.29. The monoisotopic (exact) mass is 504 g/mol. The Labute approximate surface area is 204 Å². The molecule has 2 aromatic carbocycles. The Bertz CT molecular complexity index is 1180. The van der Waals surface area contributed by atoms with E-state index in [4.69, 9.17) is 9.47 Å². The molecule has 34 heavy (non-hydrogen) atoms. The van der Waals surface area contributed by atoms with Crippen LogP contribution in [-0.2, 0) is 29.1 Å². The van der Waals surface area contributed by atoms with E-state index in [9.17, 15) is 18.0 Å². The Kier molecular flexibility index (Phi) is 7.84. The number of ether oxygens (including phenoxy) is 2. The molecule has 8 nitrogen and oxygen atoms in total. The van der Waals surface area contributed by atoms with Crippen LogP contribution >= 0.6 is 11.8 Å². The van der Waals surface area contributed by atoms with Gasteiger partial charge < -0.3 is 9.47 Å². The van der Waals surface area contributed by atoms with E-state index in [1.165, 1.54) is 30.8 Å². The van der Waals surface area contributed by atoms with Crippen LogP contribution in [-0.4, -0.2) is 55.9 Å². The van der Waals surface area contributed by atoms with Crippen LogP contribution in [0.1, 0.15) is 31.4 Å². The number of sulfonamides is 1. The van der Waals surface area contributed by atoms with E-state index in [1.54, 1.807) is 49.4 Å². The van der Waals surface area contributed by atoms with Gasteiger partial charge in [0, 0.05) is 5.56 Å². The van der Waals surface area contributed by atoms with Crippen LogP contribution in [0.15, 0.2) is 64.5 Å². The van der Waals surface area contributed by atoms with Gasteiger partial charge >= 0.3 is 11.9 Å². The first-order valence-electron chi connectivity index (χ1n) is 10.7. The maximum Gasteiger partial charge on any atom is 0.343 e. The van der Waals surface area contributed by atoms with Crippen LogP contribution in [0.5, 0.6) is 0 Å². The van der Waals surface area contributed by atoms with E-state index in [2.05, 4.69) is 9.71 Å². The van der Waals surface area contributed by atoms with Crippen molar-refractivity contribution in [3.63, 3.8) is 0 Å². The van der Waals surface area contributed by atoms with Gasteiger partial charge in [-0.25, -0.2) is 23.0 Å². The normalized spacial score (nSPS) is 19.8. The molecular formula is C24H28N2O6S2. The summed E-state index contributed by atoms with van der Waals surface area (Å²) >= 11 is 1.44. The van der Waals surface area contributed by atoms with Crippen molar-refractivity contribution in [3.05, 3.63) is 65.7 Å². The molecule has 0 bridgehead atoms. The Morgan fingerprint density at radius 2 is 1.82 bits per heavy atom. The molecule has 3 rings (SSSR count). The number of thioether (sulfide) groups is 1. The number of hydrogen-bond donors (Lipinski definition) is 1.